The Balaban J connectivity index is 1.49. The van der Waals surface area contributed by atoms with Crippen molar-refractivity contribution in [2.75, 3.05) is 13.1 Å². The van der Waals surface area contributed by atoms with E-state index in [1.54, 1.807) is 18.4 Å². The molecule has 3 rings (SSSR count). The van der Waals surface area contributed by atoms with Gasteiger partial charge < -0.3 is 14.6 Å². The number of nitrogens with one attached hydrogen (secondary N) is 1. The summed E-state index contributed by atoms with van der Waals surface area (Å²) >= 11 is 0. The lowest BCUT2D eigenvalue weighted by Crippen LogP contribution is -2.26. The zero-order chi connectivity index (χ0) is 16.1. The van der Waals surface area contributed by atoms with Crippen molar-refractivity contribution in [3.8, 4) is 0 Å². The molecule has 1 aliphatic heterocycles. The second-order valence-electron chi connectivity index (χ2n) is 5.70. The molecule has 0 atom stereocenters. The Bertz CT molecular complexity index is 662. The summed E-state index contributed by atoms with van der Waals surface area (Å²) in [5, 5.41) is 2.87. The van der Waals surface area contributed by atoms with Gasteiger partial charge >= 0.3 is 0 Å². The summed E-state index contributed by atoms with van der Waals surface area (Å²) in [5.74, 6) is 0.973. The average Bonchev–Trinajstić information content (AvgIpc) is 3.21. The van der Waals surface area contributed by atoms with Crippen LogP contribution < -0.4 is 5.32 Å². The minimum absolute atomic E-state index is 0.0969. The molecule has 1 saturated heterocycles. The number of furan rings is 1. The van der Waals surface area contributed by atoms with E-state index in [0.717, 1.165) is 24.3 Å². The second kappa shape index (κ2) is 7.13. The Morgan fingerprint density at radius 1 is 1.22 bits per heavy atom. The Morgan fingerprint density at radius 2 is 2.04 bits per heavy atom. The molecule has 5 nitrogen and oxygen atoms in total. The van der Waals surface area contributed by atoms with Crippen LogP contribution in [0.15, 0.2) is 47.1 Å². The van der Waals surface area contributed by atoms with Gasteiger partial charge in [-0.2, -0.15) is 0 Å². The van der Waals surface area contributed by atoms with Crippen molar-refractivity contribution >= 4 is 11.8 Å². The maximum absolute atomic E-state index is 12.1. The molecule has 1 aromatic carbocycles. The van der Waals surface area contributed by atoms with Gasteiger partial charge in [-0.05, 0) is 36.2 Å². The van der Waals surface area contributed by atoms with Crippen molar-refractivity contribution in [2.45, 2.75) is 25.8 Å². The summed E-state index contributed by atoms with van der Waals surface area (Å²) in [6, 6.07) is 11.2. The number of rotatable bonds is 6. The molecule has 1 fully saturated rings. The molecule has 120 valence electrons. The van der Waals surface area contributed by atoms with Gasteiger partial charge in [0.1, 0.15) is 5.76 Å². The first-order chi connectivity index (χ1) is 11.2. The van der Waals surface area contributed by atoms with Gasteiger partial charge in [-0.25, -0.2) is 0 Å². The van der Waals surface area contributed by atoms with E-state index in [0.29, 0.717) is 31.5 Å². The number of hydrogen-bond acceptors (Lipinski definition) is 3. The summed E-state index contributed by atoms with van der Waals surface area (Å²) in [6.07, 6.45) is 3.89. The standard InChI is InChI=1S/C18H20N2O3/c21-17-4-1-11-20(17)13-14-5-7-15(8-6-14)18(22)19-10-9-16-3-2-12-23-16/h2-3,5-8,12H,1,4,9-11,13H2,(H,19,22). The van der Waals surface area contributed by atoms with E-state index in [9.17, 15) is 9.59 Å². The maximum atomic E-state index is 12.1. The Kier molecular flexibility index (Phi) is 4.76. The molecule has 0 spiro atoms. The van der Waals surface area contributed by atoms with E-state index in [4.69, 9.17) is 4.42 Å². The van der Waals surface area contributed by atoms with Crippen LogP contribution in [0.1, 0.15) is 34.5 Å². The van der Waals surface area contributed by atoms with Crippen LogP contribution in [0.3, 0.4) is 0 Å². The predicted octanol–water partition coefficient (Wildman–Crippen LogP) is 2.37. The van der Waals surface area contributed by atoms with Crippen molar-refractivity contribution in [3.05, 3.63) is 59.5 Å². The monoisotopic (exact) mass is 312 g/mol. The number of hydrogen-bond donors (Lipinski definition) is 1. The fourth-order valence-corrected chi connectivity index (χ4v) is 2.71. The molecule has 5 heteroatoms. The van der Waals surface area contributed by atoms with E-state index < -0.39 is 0 Å². The van der Waals surface area contributed by atoms with Gasteiger partial charge in [0.15, 0.2) is 0 Å². The van der Waals surface area contributed by atoms with E-state index in [1.807, 2.05) is 29.2 Å². The predicted molar refractivity (Wildman–Crippen MR) is 85.8 cm³/mol. The van der Waals surface area contributed by atoms with E-state index in [2.05, 4.69) is 5.32 Å². The molecule has 0 unspecified atom stereocenters. The largest absolute Gasteiger partial charge is 0.469 e. The average molecular weight is 312 g/mol. The summed E-state index contributed by atoms with van der Waals surface area (Å²) in [4.78, 5) is 25.6. The van der Waals surface area contributed by atoms with Crippen molar-refractivity contribution in [2.24, 2.45) is 0 Å². The third-order valence-corrected chi connectivity index (χ3v) is 4.00. The van der Waals surface area contributed by atoms with Gasteiger partial charge in [-0.3, -0.25) is 9.59 Å². The molecule has 2 heterocycles. The highest BCUT2D eigenvalue weighted by atomic mass is 16.3. The van der Waals surface area contributed by atoms with Crippen LogP contribution in [0, 0.1) is 0 Å². The summed E-state index contributed by atoms with van der Waals surface area (Å²) in [6.45, 7) is 1.99. The van der Waals surface area contributed by atoms with E-state index in [-0.39, 0.29) is 11.8 Å². The highest BCUT2D eigenvalue weighted by Gasteiger charge is 2.19. The minimum Gasteiger partial charge on any atom is -0.469 e. The minimum atomic E-state index is -0.0969. The number of amides is 2. The molecule has 0 aliphatic carbocycles. The molecule has 2 aromatic rings. The van der Waals surface area contributed by atoms with Crippen LogP contribution in [0.25, 0.3) is 0 Å². The SMILES string of the molecule is O=C(NCCc1ccco1)c1ccc(CN2CCCC2=O)cc1. The molecule has 2 amide bonds. The van der Waals surface area contributed by atoms with Crippen LogP contribution in [0.4, 0.5) is 0 Å². The number of carbonyl (C=O) groups excluding carboxylic acids is 2. The second-order valence-corrected chi connectivity index (χ2v) is 5.70. The first-order valence-electron chi connectivity index (χ1n) is 7.90. The van der Waals surface area contributed by atoms with Crippen LogP contribution in [0.2, 0.25) is 0 Å². The van der Waals surface area contributed by atoms with Crippen molar-refractivity contribution in [1.29, 1.82) is 0 Å². The van der Waals surface area contributed by atoms with Crippen LogP contribution in [0.5, 0.6) is 0 Å². The van der Waals surface area contributed by atoms with Gasteiger partial charge in [0, 0.05) is 38.0 Å². The number of benzene rings is 1. The van der Waals surface area contributed by atoms with Gasteiger partial charge in [-0.1, -0.05) is 12.1 Å². The molecule has 0 bridgehead atoms. The molecule has 1 aliphatic rings. The summed E-state index contributed by atoms with van der Waals surface area (Å²) in [7, 11) is 0. The Labute approximate surface area is 135 Å². The summed E-state index contributed by atoms with van der Waals surface area (Å²) < 4.78 is 5.23. The maximum Gasteiger partial charge on any atom is 0.251 e. The normalized spacial score (nSPS) is 14.3. The zero-order valence-corrected chi connectivity index (χ0v) is 13.0. The lowest BCUT2D eigenvalue weighted by molar-refractivity contribution is -0.128. The molecule has 1 N–H and O–H groups in total. The first kappa shape index (κ1) is 15.3. The van der Waals surface area contributed by atoms with Crippen LogP contribution in [-0.4, -0.2) is 29.8 Å². The van der Waals surface area contributed by atoms with E-state index >= 15 is 0 Å². The topological polar surface area (TPSA) is 62.6 Å². The number of likely N-dealkylation sites (tertiary alicyclic amines) is 1. The first-order valence-corrected chi connectivity index (χ1v) is 7.90. The highest BCUT2D eigenvalue weighted by Crippen LogP contribution is 2.14. The molecular formula is C18H20N2O3. The Morgan fingerprint density at radius 3 is 2.70 bits per heavy atom. The quantitative estimate of drug-likeness (QED) is 0.891. The van der Waals surface area contributed by atoms with Crippen molar-refractivity contribution < 1.29 is 14.0 Å². The molecule has 0 radical (unpaired) electrons. The van der Waals surface area contributed by atoms with Crippen LogP contribution >= 0.6 is 0 Å². The van der Waals surface area contributed by atoms with Crippen molar-refractivity contribution in [1.82, 2.24) is 10.2 Å². The number of nitrogens with zero attached hydrogens (tertiary/aromatic N) is 1. The van der Waals surface area contributed by atoms with E-state index in [1.165, 1.54) is 0 Å². The van der Waals surface area contributed by atoms with Gasteiger partial charge in [-0.15, -0.1) is 0 Å². The van der Waals surface area contributed by atoms with Gasteiger partial charge in [0.05, 0.1) is 6.26 Å². The molecular weight excluding hydrogens is 292 g/mol. The summed E-state index contributed by atoms with van der Waals surface area (Å²) in [5.41, 5.74) is 1.67. The third kappa shape index (κ3) is 4.00. The smallest absolute Gasteiger partial charge is 0.251 e. The highest BCUT2D eigenvalue weighted by molar-refractivity contribution is 5.94. The third-order valence-electron chi connectivity index (χ3n) is 4.00. The molecule has 23 heavy (non-hydrogen) atoms. The number of carbonyl (C=O) groups is 2. The van der Waals surface area contributed by atoms with Gasteiger partial charge in [0.25, 0.3) is 5.91 Å². The lowest BCUT2D eigenvalue weighted by Gasteiger charge is -2.15. The van der Waals surface area contributed by atoms with Crippen molar-refractivity contribution in [3.63, 3.8) is 0 Å². The zero-order valence-electron chi connectivity index (χ0n) is 13.0. The Hall–Kier alpha value is -2.56. The fourth-order valence-electron chi connectivity index (χ4n) is 2.71. The molecule has 0 saturated carbocycles. The lowest BCUT2D eigenvalue weighted by atomic mass is 10.1. The molecule has 1 aromatic heterocycles. The fraction of sp³-hybridized carbons (Fsp3) is 0.333. The van der Waals surface area contributed by atoms with Gasteiger partial charge in [0.2, 0.25) is 5.91 Å². The van der Waals surface area contributed by atoms with Crippen LogP contribution in [-0.2, 0) is 17.8 Å².